The Morgan fingerprint density at radius 1 is 1.32 bits per heavy atom. The molecule has 1 aromatic carbocycles. The highest BCUT2D eigenvalue weighted by Gasteiger charge is 2.18. The number of rotatable bonds is 7. The van der Waals surface area contributed by atoms with Crippen molar-refractivity contribution >= 4 is 5.91 Å². The number of amides is 1. The Bertz CT molecular complexity index is 407. The molecule has 0 saturated carbocycles. The summed E-state index contributed by atoms with van der Waals surface area (Å²) in [6, 6.07) is 7.87. The van der Waals surface area contributed by atoms with Crippen LogP contribution in [0.25, 0.3) is 0 Å². The van der Waals surface area contributed by atoms with Crippen LogP contribution in [0.4, 0.5) is 0 Å². The number of ether oxygens (including phenoxy) is 2. The fourth-order valence-corrected chi connectivity index (χ4v) is 1.91. The molecule has 106 valence electrons. The van der Waals surface area contributed by atoms with Crippen molar-refractivity contribution in [2.45, 2.75) is 6.04 Å². The molecule has 1 aromatic rings. The molecule has 1 rings (SSSR count). The number of hydrogen-bond acceptors (Lipinski definition) is 4. The first-order chi connectivity index (χ1) is 9.10. The van der Waals surface area contributed by atoms with Crippen LogP contribution in [-0.2, 0) is 9.53 Å². The molecule has 0 aliphatic rings. The summed E-state index contributed by atoms with van der Waals surface area (Å²) in [6.07, 6.45) is 0. The van der Waals surface area contributed by atoms with Gasteiger partial charge in [0.15, 0.2) is 0 Å². The van der Waals surface area contributed by atoms with E-state index in [0.717, 1.165) is 11.3 Å². The number of nitrogens with one attached hydrogen (secondary N) is 1. The second kappa shape index (κ2) is 7.76. The van der Waals surface area contributed by atoms with Crippen LogP contribution >= 0.6 is 0 Å². The van der Waals surface area contributed by atoms with Gasteiger partial charge in [0.05, 0.1) is 13.2 Å². The molecule has 1 N–H and O–H groups in total. The Hall–Kier alpha value is -1.59. The summed E-state index contributed by atoms with van der Waals surface area (Å²) in [6.45, 7) is 0.585. The van der Waals surface area contributed by atoms with Gasteiger partial charge in [0.25, 0.3) is 0 Å². The van der Waals surface area contributed by atoms with Crippen molar-refractivity contribution in [1.29, 1.82) is 0 Å². The summed E-state index contributed by atoms with van der Waals surface area (Å²) in [5.41, 5.74) is 1.05. The molecule has 1 amide bonds. The zero-order chi connectivity index (χ0) is 14.3. The van der Waals surface area contributed by atoms with E-state index in [1.54, 1.807) is 7.11 Å². The van der Waals surface area contributed by atoms with Crippen molar-refractivity contribution in [2.24, 2.45) is 0 Å². The highest BCUT2D eigenvalue weighted by Crippen LogP contribution is 2.27. The van der Waals surface area contributed by atoms with E-state index in [2.05, 4.69) is 5.32 Å². The van der Waals surface area contributed by atoms with Gasteiger partial charge in [-0.05, 0) is 20.2 Å². The van der Waals surface area contributed by atoms with Crippen LogP contribution in [0.15, 0.2) is 24.3 Å². The van der Waals surface area contributed by atoms with Gasteiger partial charge in [-0.1, -0.05) is 18.2 Å². The quantitative estimate of drug-likeness (QED) is 0.802. The lowest BCUT2D eigenvalue weighted by Crippen LogP contribution is -2.36. The van der Waals surface area contributed by atoms with E-state index in [9.17, 15) is 4.79 Å². The molecule has 0 aliphatic heterocycles. The fourth-order valence-electron chi connectivity index (χ4n) is 1.91. The molecule has 0 aromatic heterocycles. The lowest BCUT2D eigenvalue weighted by atomic mass is 10.0. The number of nitrogens with zero attached hydrogens (tertiary/aromatic N) is 1. The Balaban J connectivity index is 2.80. The maximum Gasteiger partial charge on any atom is 0.246 e. The minimum atomic E-state index is -0.121. The lowest BCUT2D eigenvalue weighted by molar-refractivity contribution is -0.124. The third-order valence-corrected chi connectivity index (χ3v) is 2.89. The van der Waals surface area contributed by atoms with Gasteiger partial charge in [0.1, 0.15) is 12.4 Å². The van der Waals surface area contributed by atoms with E-state index >= 15 is 0 Å². The molecule has 0 aliphatic carbocycles. The molecule has 0 spiro atoms. The molecule has 0 bridgehead atoms. The van der Waals surface area contributed by atoms with E-state index in [4.69, 9.17) is 9.47 Å². The first kappa shape index (κ1) is 15.5. The van der Waals surface area contributed by atoms with Crippen molar-refractivity contribution < 1.29 is 14.3 Å². The molecular weight excluding hydrogens is 244 g/mol. The molecule has 19 heavy (non-hydrogen) atoms. The fraction of sp³-hybridized carbons (Fsp3) is 0.500. The molecule has 0 radical (unpaired) electrons. The van der Waals surface area contributed by atoms with Crippen LogP contribution in [0.5, 0.6) is 5.75 Å². The Morgan fingerprint density at radius 2 is 2.00 bits per heavy atom. The van der Waals surface area contributed by atoms with Gasteiger partial charge in [0, 0.05) is 19.2 Å². The molecule has 5 heteroatoms. The number of benzene rings is 1. The van der Waals surface area contributed by atoms with Crippen molar-refractivity contribution in [2.75, 3.05) is 41.5 Å². The van der Waals surface area contributed by atoms with E-state index < -0.39 is 0 Å². The van der Waals surface area contributed by atoms with Gasteiger partial charge in [-0.25, -0.2) is 0 Å². The maximum absolute atomic E-state index is 11.5. The van der Waals surface area contributed by atoms with Crippen molar-refractivity contribution in [3.8, 4) is 5.75 Å². The Morgan fingerprint density at radius 3 is 2.58 bits per heavy atom. The second-order valence-corrected chi connectivity index (χ2v) is 4.46. The lowest BCUT2D eigenvalue weighted by Gasteiger charge is -2.26. The topological polar surface area (TPSA) is 50.8 Å². The number of methoxy groups -OCH3 is 2. The second-order valence-electron chi connectivity index (χ2n) is 4.46. The summed E-state index contributed by atoms with van der Waals surface area (Å²) in [5, 5.41) is 2.85. The van der Waals surface area contributed by atoms with Crippen LogP contribution in [0.3, 0.4) is 0 Å². The molecule has 5 nitrogen and oxygen atoms in total. The largest absolute Gasteiger partial charge is 0.496 e. The van der Waals surface area contributed by atoms with Gasteiger partial charge in [0.2, 0.25) is 5.91 Å². The summed E-state index contributed by atoms with van der Waals surface area (Å²) < 4.78 is 10.2. The highest BCUT2D eigenvalue weighted by atomic mass is 16.5. The van der Waals surface area contributed by atoms with Crippen LogP contribution in [0.1, 0.15) is 11.6 Å². The summed E-state index contributed by atoms with van der Waals surface area (Å²) in [4.78, 5) is 13.5. The summed E-state index contributed by atoms with van der Waals surface area (Å²) >= 11 is 0. The van der Waals surface area contributed by atoms with Gasteiger partial charge in [-0.3, -0.25) is 4.79 Å². The van der Waals surface area contributed by atoms with Gasteiger partial charge >= 0.3 is 0 Å². The van der Waals surface area contributed by atoms with Gasteiger partial charge in [-0.2, -0.15) is 0 Å². The Kier molecular flexibility index (Phi) is 6.32. The molecule has 0 fully saturated rings. The Labute approximate surface area is 114 Å². The third-order valence-electron chi connectivity index (χ3n) is 2.89. The standard InChI is InChI=1S/C14H22N2O3/c1-16(2)12(9-15-14(17)10-18-3)11-7-5-6-8-13(11)19-4/h5-8,12H,9-10H2,1-4H3,(H,15,17). The predicted octanol–water partition coefficient (Wildman–Crippen LogP) is 1.06. The molecular formula is C14H22N2O3. The highest BCUT2D eigenvalue weighted by molar-refractivity contribution is 5.77. The van der Waals surface area contributed by atoms with E-state index in [0.29, 0.717) is 6.54 Å². The summed E-state index contributed by atoms with van der Waals surface area (Å²) in [5.74, 6) is 0.700. The molecule has 0 saturated heterocycles. The van der Waals surface area contributed by atoms with Gasteiger partial charge in [-0.15, -0.1) is 0 Å². The van der Waals surface area contributed by atoms with Crippen LogP contribution in [0.2, 0.25) is 0 Å². The van der Waals surface area contributed by atoms with Crippen LogP contribution in [0, 0.1) is 0 Å². The number of carbonyl (C=O) groups excluding carboxylic acids is 1. The smallest absolute Gasteiger partial charge is 0.246 e. The van der Waals surface area contributed by atoms with Crippen molar-refractivity contribution in [3.05, 3.63) is 29.8 Å². The van der Waals surface area contributed by atoms with E-state index in [-0.39, 0.29) is 18.6 Å². The number of carbonyl (C=O) groups is 1. The first-order valence-corrected chi connectivity index (χ1v) is 6.15. The first-order valence-electron chi connectivity index (χ1n) is 6.15. The number of para-hydroxylation sites is 1. The van der Waals surface area contributed by atoms with Gasteiger partial charge < -0.3 is 19.7 Å². The minimum absolute atomic E-state index is 0.0527. The zero-order valence-corrected chi connectivity index (χ0v) is 12.0. The minimum Gasteiger partial charge on any atom is -0.496 e. The van der Waals surface area contributed by atoms with Crippen molar-refractivity contribution in [1.82, 2.24) is 10.2 Å². The number of likely N-dealkylation sites (N-methyl/N-ethyl adjacent to an activating group) is 1. The molecule has 0 heterocycles. The molecule has 1 unspecified atom stereocenters. The van der Waals surface area contributed by atoms with Crippen molar-refractivity contribution in [3.63, 3.8) is 0 Å². The van der Waals surface area contributed by atoms with E-state index in [1.165, 1.54) is 7.11 Å². The average molecular weight is 266 g/mol. The monoisotopic (exact) mass is 266 g/mol. The average Bonchev–Trinajstić information content (AvgIpc) is 2.39. The third kappa shape index (κ3) is 4.54. The van der Waals surface area contributed by atoms with E-state index in [1.807, 2.05) is 43.3 Å². The number of hydrogen-bond donors (Lipinski definition) is 1. The normalized spacial score (nSPS) is 12.3. The van der Waals surface area contributed by atoms with Crippen LogP contribution in [-0.4, -0.2) is 52.3 Å². The zero-order valence-electron chi connectivity index (χ0n) is 12.0. The SMILES string of the molecule is COCC(=O)NCC(c1ccccc1OC)N(C)C. The molecule has 1 atom stereocenters. The maximum atomic E-state index is 11.5. The predicted molar refractivity (Wildman–Crippen MR) is 74.3 cm³/mol. The van der Waals surface area contributed by atoms with Crippen LogP contribution < -0.4 is 10.1 Å². The summed E-state index contributed by atoms with van der Waals surface area (Å²) in [7, 11) is 7.09.